The number of thiazole rings is 1. The number of alkyl carbamates (subject to hydrolysis) is 1. The van der Waals surface area contributed by atoms with E-state index in [-0.39, 0.29) is 12.3 Å². The van der Waals surface area contributed by atoms with Crippen molar-refractivity contribution in [3.8, 4) is 0 Å². The van der Waals surface area contributed by atoms with E-state index in [9.17, 15) is 9.59 Å². The molecule has 1 aromatic heterocycles. The van der Waals surface area contributed by atoms with E-state index >= 15 is 0 Å². The molecule has 2 rings (SSSR count). The zero-order valence-corrected chi connectivity index (χ0v) is 12.4. The zero-order valence-electron chi connectivity index (χ0n) is 11.6. The van der Waals surface area contributed by atoms with Crippen LogP contribution >= 0.6 is 11.3 Å². The maximum atomic E-state index is 12.0. The number of ether oxygens (including phenoxy) is 1. The van der Waals surface area contributed by atoms with Crippen molar-refractivity contribution in [1.82, 2.24) is 10.3 Å². The third-order valence-corrected chi connectivity index (χ3v) is 3.40. The summed E-state index contributed by atoms with van der Waals surface area (Å²) < 4.78 is 6.02. The Morgan fingerprint density at radius 2 is 2.00 bits per heavy atom. The van der Waals surface area contributed by atoms with Crippen LogP contribution in [0.2, 0.25) is 0 Å². The van der Waals surface area contributed by atoms with Crippen molar-refractivity contribution in [3.63, 3.8) is 0 Å². The Hall–Kier alpha value is -1.95. The Labute approximate surface area is 121 Å². The van der Waals surface area contributed by atoms with Crippen molar-refractivity contribution in [2.75, 3.05) is 6.54 Å². The Kier molecular flexibility index (Phi) is 4.04. The summed E-state index contributed by atoms with van der Waals surface area (Å²) in [4.78, 5) is 27.7. The molecule has 5 nitrogen and oxygen atoms in total. The van der Waals surface area contributed by atoms with Crippen molar-refractivity contribution in [2.45, 2.75) is 26.4 Å². The van der Waals surface area contributed by atoms with Crippen LogP contribution < -0.4 is 5.32 Å². The summed E-state index contributed by atoms with van der Waals surface area (Å²) in [6.07, 6.45) is -0.605. The third-order valence-electron chi connectivity index (χ3n) is 2.32. The maximum absolute atomic E-state index is 12.0. The molecule has 0 spiro atoms. The van der Waals surface area contributed by atoms with Gasteiger partial charge in [0.1, 0.15) is 5.60 Å². The molecule has 0 saturated carbocycles. The van der Waals surface area contributed by atoms with Crippen molar-refractivity contribution in [3.05, 3.63) is 29.3 Å². The molecule has 1 N–H and O–H groups in total. The van der Waals surface area contributed by atoms with Crippen LogP contribution in [0.1, 0.15) is 30.6 Å². The number of nitrogens with one attached hydrogen (secondary N) is 1. The summed E-state index contributed by atoms with van der Waals surface area (Å²) in [6.45, 7) is 5.18. The Balaban J connectivity index is 1.97. The first-order valence-electron chi connectivity index (χ1n) is 6.21. The number of rotatable bonds is 3. The summed E-state index contributed by atoms with van der Waals surface area (Å²) >= 11 is 1.32. The van der Waals surface area contributed by atoms with Crippen molar-refractivity contribution < 1.29 is 14.3 Å². The van der Waals surface area contributed by atoms with Crippen LogP contribution in [-0.2, 0) is 4.74 Å². The molecule has 0 radical (unpaired) electrons. The highest BCUT2D eigenvalue weighted by atomic mass is 32.1. The van der Waals surface area contributed by atoms with Gasteiger partial charge in [0, 0.05) is 0 Å². The second-order valence-corrected chi connectivity index (χ2v) is 6.30. The van der Waals surface area contributed by atoms with E-state index in [1.807, 2.05) is 24.3 Å². The number of hydrogen-bond acceptors (Lipinski definition) is 5. The van der Waals surface area contributed by atoms with E-state index in [1.165, 1.54) is 11.3 Å². The first kappa shape index (κ1) is 14.5. The molecule has 0 unspecified atom stereocenters. The van der Waals surface area contributed by atoms with E-state index in [0.717, 1.165) is 10.2 Å². The number of carbonyl (C=O) groups is 2. The molecule has 0 aliphatic rings. The number of amides is 1. The van der Waals surface area contributed by atoms with Gasteiger partial charge < -0.3 is 10.1 Å². The predicted octanol–water partition coefficient (Wildman–Crippen LogP) is 3.00. The van der Waals surface area contributed by atoms with Crippen LogP contribution in [0.3, 0.4) is 0 Å². The minimum Gasteiger partial charge on any atom is -0.444 e. The second-order valence-electron chi connectivity index (χ2n) is 5.27. The fourth-order valence-corrected chi connectivity index (χ4v) is 2.44. The molecule has 0 aliphatic heterocycles. The molecular formula is C14H16N2O3S. The lowest BCUT2D eigenvalue weighted by atomic mass is 10.2. The number of carbonyl (C=O) groups excluding carboxylic acids is 2. The van der Waals surface area contributed by atoms with Gasteiger partial charge in [-0.15, -0.1) is 11.3 Å². The highest BCUT2D eigenvalue weighted by molar-refractivity contribution is 7.20. The van der Waals surface area contributed by atoms with Gasteiger partial charge >= 0.3 is 6.09 Å². The van der Waals surface area contributed by atoms with Gasteiger partial charge in [-0.2, -0.15) is 0 Å². The van der Waals surface area contributed by atoms with E-state index in [1.54, 1.807) is 20.8 Å². The SMILES string of the molecule is CC(C)(C)OC(=O)NCC(=O)c1nc2ccccc2s1. The summed E-state index contributed by atoms with van der Waals surface area (Å²) in [5.74, 6) is -0.225. The molecule has 0 saturated heterocycles. The number of para-hydroxylation sites is 1. The molecule has 1 heterocycles. The quantitative estimate of drug-likeness (QED) is 0.883. The van der Waals surface area contributed by atoms with Crippen LogP contribution in [0.15, 0.2) is 24.3 Å². The van der Waals surface area contributed by atoms with Crippen LogP contribution in [0.5, 0.6) is 0 Å². The van der Waals surface area contributed by atoms with E-state index in [4.69, 9.17) is 4.74 Å². The monoisotopic (exact) mass is 292 g/mol. The molecule has 0 fully saturated rings. The molecule has 1 amide bonds. The molecule has 2 aromatic rings. The molecule has 20 heavy (non-hydrogen) atoms. The number of ketones is 1. The highest BCUT2D eigenvalue weighted by Crippen LogP contribution is 2.21. The smallest absolute Gasteiger partial charge is 0.408 e. The van der Waals surface area contributed by atoms with Crippen molar-refractivity contribution >= 4 is 33.4 Å². The number of fused-ring (bicyclic) bond motifs is 1. The van der Waals surface area contributed by atoms with Crippen molar-refractivity contribution in [1.29, 1.82) is 0 Å². The zero-order chi connectivity index (χ0) is 14.8. The van der Waals surface area contributed by atoms with Gasteiger partial charge in [-0.3, -0.25) is 4.79 Å². The first-order valence-corrected chi connectivity index (χ1v) is 7.02. The molecule has 1 aromatic carbocycles. The van der Waals surface area contributed by atoms with E-state index in [0.29, 0.717) is 5.01 Å². The number of Topliss-reactive ketones (excluding diaryl/α,β-unsaturated/α-hetero) is 1. The van der Waals surface area contributed by atoms with Gasteiger partial charge in [0.15, 0.2) is 5.01 Å². The lowest BCUT2D eigenvalue weighted by molar-refractivity contribution is 0.0520. The number of hydrogen-bond donors (Lipinski definition) is 1. The fraction of sp³-hybridized carbons (Fsp3) is 0.357. The van der Waals surface area contributed by atoms with Crippen LogP contribution in [0.4, 0.5) is 4.79 Å². The summed E-state index contributed by atoms with van der Waals surface area (Å²) in [6, 6.07) is 7.53. The summed E-state index contributed by atoms with van der Waals surface area (Å²) in [5, 5.41) is 2.83. The summed E-state index contributed by atoms with van der Waals surface area (Å²) in [7, 11) is 0. The average molecular weight is 292 g/mol. The number of benzene rings is 1. The molecule has 0 aliphatic carbocycles. The maximum Gasteiger partial charge on any atom is 0.408 e. The Morgan fingerprint density at radius 3 is 2.65 bits per heavy atom. The highest BCUT2D eigenvalue weighted by Gasteiger charge is 2.18. The number of nitrogens with zero attached hydrogens (tertiary/aromatic N) is 1. The largest absolute Gasteiger partial charge is 0.444 e. The first-order chi connectivity index (χ1) is 9.35. The molecule has 106 valence electrons. The normalized spacial score (nSPS) is 11.3. The minimum atomic E-state index is -0.605. The van der Waals surface area contributed by atoms with Gasteiger partial charge in [0.2, 0.25) is 5.78 Å². The fourth-order valence-electron chi connectivity index (χ4n) is 1.53. The molecular weight excluding hydrogens is 276 g/mol. The van der Waals surface area contributed by atoms with Crippen LogP contribution in [0.25, 0.3) is 10.2 Å². The molecule has 0 bridgehead atoms. The second kappa shape index (κ2) is 5.58. The molecule has 6 heteroatoms. The summed E-state index contributed by atoms with van der Waals surface area (Å²) in [5.41, 5.74) is 0.210. The lowest BCUT2D eigenvalue weighted by Gasteiger charge is -2.19. The van der Waals surface area contributed by atoms with Gasteiger partial charge in [0.05, 0.1) is 16.8 Å². The van der Waals surface area contributed by atoms with Crippen LogP contribution in [-0.4, -0.2) is 29.0 Å². The Bertz CT molecular complexity index is 610. The number of aromatic nitrogens is 1. The Morgan fingerprint density at radius 1 is 1.30 bits per heavy atom. The van der Waals surface area contributed by atoms with Gasteiger partial charge in [-0.1, -0.05) is 12.1 Å². The van der Waals surface area contributed by atoms with Gasteiger partial charge in [-0.05, 0) is 32.9 Å². The molecule has 0 atom stereocenters. The average Bonchev–Trinajstić information content (AvgIpc) is 2.77. The lowest BCUT2D eigenvalue weighted by Crippen LogP contribution is -2.35. The van der Waals surface area contributed by atoms with Gasteiger partial charge in [-0.25, -0.2) is 9.78 Å². The predicted molar refractivity (Wildman–Crippen MR) is 78.2 cm³/mol. The van der Waals surface area contributed by atoms with E-state index < -0.39 is 11.7 Å². The van der Waals surface area contributed by atoms with Gasteiger partial charge in [0.25, 0.3) is 0 Å². The third kappa shape index (κ3) is 3.77. The minimum absolute atomic E-state index is 0.116. The topological polar surface area (TPSA) is 68.3 Å². The van der Waals surface area contributed by atoms with E-state index in [2.05, 4.69) is 10.3 Å². The standard InChI is InChI=1S/C14H16N2O3S/c1-14(2,3)19-13(18)15-8-10(17)12-16-9-6-4-5-7-11(9)20-12/h4-7H,8H2,1-3H3,(H,15,18). The van der Waals surface area contributed by atoms with Crippen molar-refractivity contribution in [2.24, 2.45) is 0 Å². The van der Waals surface area contributed by atoms with Crippen LogP contribution in [0, 0.1) is 0 Å².